The summed E-state index contributed by atoms with van der Waals surface area (Å²) >= 11 is 2.01. The van der Waals surface area contributed by atoms with Crippen LogP contribution in [0.5, 0.6) is 0 Å². The van der Waals surface area contributed by atoms with E-state index in [1.165, 1.54) is 11.5 Å². The largest absolute Gasteiger partial charge is 0.355 e. The monoisotopic (exact) mass is 259 g/mol. The van der Waals surface area contributed by atoms with E-state index in [1.807, 2.05) is 18.7 Å². The summed E-state index contributed by atoms with van der Waals surface area (Å²) in [4.78, 5) is 13.9. The summed E-state index contributed by atoms with van der Waals surface area (Å²) in [5, 5.41) is 2.98. The zero-order valence-corrected chi connectivity index (χ0v) is 11.6. The molecule has 1 rings (SSSR count). The quantitative estimate of drug-likeness (QED) is 0.705. The normalized spacial score (nSPS) is 18.9. The molecule has 1 aliphatic rings. The molecule has 0 spiro atoms. The molecule has 1 atom stereocenters. The number of thioether (sulfide) groups is 1. The van der Waals surface area contributed by atoms with Gasteiger partial charge in [0.05, 0.1) is 0 Å². The Hall–Kier alpha value is -0.260. The van der Waals surface area contributed by atoms with Crippen molar-refractivity contribution in [1.82, 2.24) is 10.2 Å². The van der Waals surface area contributed by atoms with Gasteiger partial charge in [0.25, 0.3) is 0 Å². The summed E-state index contributed by atoms with van der Waals surface area (Å²) in [5.74, 6) is 2.61. The minimum absolute atomic E-state index is 0.164. The number of nitrogens with two attached hydrogens (primary N) is 1. The van der Waals surface area contributed by atoms with Crippen LogP contribution >= 0.6 is 11.8 Å². The second-order valence-corrected chi connectivity index (χ2v) is 5.90. The standard InChI is InChI=1S/C12H25N3OS/c1-11(13)3-2-4-12(16)14-5-6-15-7-9-17-10-8-15/h11H,2-10,13H2,1H3,(H,14,16). The summed E-state index contributed by atoms with van der Waals surface area (Å²) < 4.78 is 0. The van der Waals surface area contributed by atoms with E-state index >= 15 is 0 Å². The van der Waals surface area contributed by atoms with Crippen molar-refractivity contribution in [2.24, 2.45) is 5.73 Å². The van der Waals surface area contributed by atoms with Crippen LogP contribution in [0.25, 0.3) is 0 Å². The van der Waals surface area contributed by atoms with E-state index < -0.39 is 0 Å². The van der Waals surface area contributed by atoms with Crippen LogP contribution in [0.15, 0.2) is 0 Å². The molecule has 3 N–H and O–H groups in total. The Morgan fingerprint density at radius 1 is 1.47 bits per heavy atom. The molecule has 0 aromatic carbocycles. The molecule has 0 aliphatic carbocycles. The van der Waals surface area contributed by atoms with Crippen molar-refractivity contribution >= 4 is 17.7 Å². The lowest BCUT2D eigenvalue weighted by Crippen LogP contribution is -2.39. The number of amides is 1. The lowest BCUT2D eigenvalue weighted by Gasteiger charge is -2.25. The molecule has 0 radical (unpaired) electrons. The molecule has 0 saturated carbocycles. The third-order valence-corrected chi connectivity index (χ3v) is 3.86. The molecule has 1 aliphatic heterocycles. The van der Waals surface area contributed by atoms with Crippen molar-refractivity contribution in [1.29, 1.82) is 0 Å². The van der Waals surface area contributed by atoms with Crippen molar-refractivity contribution in [2.75, 3.05) is 37.7 Å². The zero-order chi connectivity index (χ0) is 12.5. The maximum atomic E-state index is 11.5. The third-order valence-electron chi connectivity index (χ3n) is 2.92. The Balaban J connectivity index is 1.95. The average molecular weight is 259 g/mol. The molecule has 1 unspecified atom stereocenters. The van der Waals surface area contributed by atoms with Gasteiger partial charge >= 0.3 is 0 Å². The van der Waals surface area contributed by atoms with E-state index in [0.29, 0.717) is 6.42 Å². The van der Waals surface area contributed by atoms with Crippen molar-refractivity contribution in [3.8, 4) is 0 Å². The number of nitrogens with zero attached hydrogens (tertiary/aromatic N) is 1. The molecule has 0 aromatic heterocycles. The van der Waals surface area contributed by atoms with Gasteiger partial charge in [-0.25, -0.2) is 0 Å². The van der Waals surface area contributed by atoms with Gasteiger partial charge in [-0.3, -0.25) is 9.69 Å². The van der Waals surface area contributed by atoms with Gasteiger partial charge in [-0.15, -0.1) is 0 Å². The topological polar surface area (TPSA) is 58.4 Å². The van der Waals surface area contributed by atoms with Crippen LogP contribution in [0, 0.1) is 0 Å². The van der Waals surface area contributed by atoms with Gasteiger partial charge in [0, 0.05) is 50.1 Å². The van der Waals surface area contributed by atoms with Gasteiger partial charge in [0.1, 0.15) is 0 Å². The third kappa shape index (κ3) is 7.63. The first-order valence-electron chi connectivity index (χ1n) is 6.51. The molecule has 5 heteroatoms. The van der Waals surface area contributed by atoms with E-state index in [4.69, 9.17) is 5.73 Å². The van der Waals surface area contributed by atoms with Crippen molar-refractivity contribution < 1.29 is 4.79 Å². The smallest absolute Gasteiger partial charge is 0.220 e. The van der Waals surface area contributed by atoms with Gasteiger partial charge in [-0.2, -0.15) is 11.8 Å². The van der Waals surface area contributed by atoms with Crippen LogP contribution in [-0.2, 0) is 4.79 Å². The summed E-state index contributed by atoms with van der Waals surface area (Å²) in [7, 11) is 0. The first-order chi connectivity index (χ1) is 8.18. The lowest BCUT2D eigenvalue weighted by atomic mass is 10.1. The summed E-state index contributed by atoms with van der Waals surface area (Å²) in [5.41, 5.74) is 5.64. The fourth-order valence-electron chi connectivity index (χ4n) is 1.85. The molecule has 1 amide bonds. The van der Waals surface area contributed by atoms with E-state index in [9.17, 15) is 4.79 Å². The van der Waals surface area contributed by atoms with Crippen LogP contribution in [0.4, 0.5) is 0 Å². The van der Waals surface area contributed by atoms with Gasteiger partial charge in [-0.05, 0) is 19.8 Å². The predicted octanol–water partition coefficient (Wildman–Crippen LogP) is 0.669. The highest BCUT2D eigenvalue weighted by molar-refractivity contribution is 7.99. The molecule has 1 saturated heterocycles. The van der Waals surface area contributed by atoms with Gasteiger partial charge in [0.15, 0.2) is 0 Å². The van der Waals surface area contributed by atoms with Gasteiger partial charge in [0.2, 0.25) is 5.91 Å². The first kappa shape index (κ1) is 14.8. The van der Waals surface area contributed by atoms with E-state index in [2.05, 4.69) is 10.2 Å². The van der Waals surface area contributed by atoms with Crippen LogP contribution < -0.4 is 11.1 Å². The molecule has 17 heavy (non-hydrogen) atoms. The maximum Gasteiger partial charge on any atom is 0.220 e. The Morgan fingerprint density at radius 3 is 2.82 bits per heavy atom. The second kappa shape index (κ2) is 8.78. The molecule has 100 valence electrons. The highest BCUT2D eigenvalue weighted by Crippen LogP contribution is 2.07. The number of carbonyl (C=O) groups excluding carboxylic acids is 1. The molecule has 1 fully saturated rings. The molecule has 1 heterocycles. The van der Waals surface area contributed by atoms with Gasteiger partial charge in [-0.1, -0.05) is 0 Å². The maximum absolute atomic E-state index is 11.5. The highest BCUT2D eigenvalue weighted by Gasteiger charge is 2.10. The molecular formula is C12H25N3OS. The molecule has 0 aromatic rings. The molecule has 0 bridgehead atoms. The molecular weight excluding hydrogens is 234 g/mol. The van der Waals surface area contributed by atoms with Crippen LogP contribution in [0.1, 0.15) is 26.2 Å². The number of nitrogens with one attached hydrogen (secondary N) is 1. The van der Waals surface area contributed by atoms with Crippen molar-refractivity contribution in [3.05, 3.63) is 0 Å². The van der Waals surface area contributed by atoms with Crippen LogP contribution in [-0.4, -0.2) is 54.5 Å². The Morgan fingerprint density at radius 2 is 2.18 bits per heavy atom. The summed E-state index contributed by atoms with van der Waals surface area (Å²) in [6, 6.07) is 0.202. The van der Waals surface area contributed by atoms with E-state index in [-0.39, 0.29) is 11.9 Å². The Kier molecular flexibility index (Phi) is 7.64. The van der Waals surface area contributed by atoms with E-state index in [0.717, 1.165) is 39.0 Å². The SMILES string of the molecule is CC(N)CCCC(=O)NCCN1CCSCC1. The lowest BCUT2D eigenvalue weighted by molar-refractivity contribution is -0.121. The predicted molar refractivity (Wildman–Crippen MR) is 74.3 cm³/mol. The van der Waals surface area contributed by atoms with E-state index in [1.54, 1.807) is 0 Å². The summed E-state index contributed by atoms with van der Waals surface area (Å²) in [6.45, 7) is 6.06. The average Bonchev–Trinajstić information content (AvgIpc) is 2.30. The fourth-order valence-corrected chi connectivity index (χ4v) is 2.83. The first-order valence-corrected chi connectivity index (χ1v) is 7.66. The number of carbonyl (C=O) groups is 1. The summed E-state index contributed by atoms with van der Waals surface area (Å²) in [6.07, 6.45) is 2.43. The Labute approximate surface area is 109 Å². The fraction of sp³-hybridized carbons (Fsp3) is 0.917. The van der Waals surface area contributed by atoms with Crippen molar-refractivity contribution in [2.45, 2.75) is 32.2 Å². The minimum Gasteiger partial charge on any atom is -0.355 e. The van der Waals surface area contributed by atoms with Crippen LogP contribution in [0.2, 0.25) is 0 Å². The zero-order valence-electron chi connectivity index (χ0n) is 10.8. The van der Waals surface area contributed by atoms with Crippen LogP contribution in [0.3, 0.4) is 0 Å². The Bertz CT molecular complexity index is 218. The molecule has 4 nitrogen and oxygen atoms in total. The van der Waals surface area contributed by atoms with Gasteiger partial charge < -0.3 is 11.1 Å². The second-order valence-electron chi connectivity index (χ2n) is 4.67. The highest BCUT2D eigenvalue weighted by atomic mass is 32.2. The number of hydrogen-bond acceptors (Lipinski definition) is 4. The number of hydrogen-bond donors (Lipinski definition) is 2. The van der Waals surface area contributed by atoms with Crippen molar-refractivity contribution in [3.63, 3.8) is 0 Å². The number of rotatable bonds is 7. The minimum atomic E-state index is 0.164.